The molecular weight excluding hydrogens is 208 g/mol. The SMILES string of the molecule is Cc1ncnc(N(C)C2(O)CCCC2O)n1. The Kier molecular flexibility index (Phi) is 2.77. The summed E-state index contributed by atoms with van der Waals surface area (Å²) in [6, 6.07) is 0. The molecular formula is C10H16N4O2. The molecule has 1 saturated carbocycles. The number of hydrogen-bond acceptors (Lipinski definition) is 6. The Morgan fingerprint density at radius 1 is 1.50 bits per heavy atom. The van der Waals surface area contributed by atoms with Gasteiger partial charge in [0.2, 0.25) is 5.95 Å². The number of rotatable bonds is 2. The van der Waals surface area contributed by atoms with Crippen LogP contribution in [0, 0.1) is 6.92 Å². The number of nitrogens with zero attached hydrogens (tertiary/aromatic N) is 4. The van der Waals surface area contributed by atoms with Gasteiger partial charge in [0.15, 0.2) is 5.72 Å². The number of anilines is 1. The van der Waals surface area contributed by atoms with Gasteiger partial charge in [-0.1, -0.05) is 0 Å². The van der Waals surface area contributed by atoms with E-state index in [0.717, 1.165) is 6.42 Å². The summed E-state index contributed by atoms with van der Waals surface area (Å²) >= 11 is 0. The Morgan fingerprint density at radius 3 is 2.81 bits per heavy atom. The zero-order valence-electron chi connectivity index (χ0n) is 9.46. The van der Waals surface area contributed by atoms with E-state index in [1.165, 1.54) is 11.2 Å². The van der Waals surface area contributed by atoms with Crippen molar-refractivity contribution in [2.24, 2.45) is 0 Å². The first-order valence-electron chi connectivity index (χ1n) is 5.34. The second-order valence-electron chi connectivity index (χ2n) is 4.18. The molecule has 1 aromatic heterocycles. The Bertz CT molecular complexity index is 387. The molecule has 0 spiro atoms. The lowest BCUT2D eigenvalue weighted by molar-refractivity contribution is -0.0520. The normalized spacial score (nSPS) is 29.4. The maximum Gasteiger partial charge on any atom is 0.230 e. The maximum atomic E-state index is 10.3. The number of aliphatic hydroxyl groups excluding tert-OH is 1. The van der Waals surface area contributed by atoms with Crippen LogP contribution in [0.5, 0.6) is 0 Å². The molecule has 0 aliphatic heterocycles. The van der Waals surface area contributed by atoms with Gasteiger partial charge in [0.25, 0.3) is 0 Å². The van der Waals surface area contributed by atoms with Gasteiger partial charge >= 0.3 is 0 Å². The van der Waals surface area contributed by atoms with E-state index in [1.807, 2.05) is 0 Å². The van der Waals surface area contributed by atoms with Gasteiger partial charge in [-0.15, -0.1) is 0 Å². The van der Waals surface area contributed by atoms with E-state index >= 15 is 0 Å². The lowest BCUT2D eigenvalue weighted by Crippen LogP contribution is -2.53. The van der Waals surface area contributed by atoms with Crippen LogP contribution in [0.1, 0.15) is 25.1 Å². The topological polar surface area (TPSA) is 82.4 Å². The molecule has 16 heavy (non-hydrogen) atoms. The minimum absolute atomic E-state index is 0.385. The first-order chi connectivity index (χ1) is 7.54. The van der Waals surface area contributed by atoms with E-state index in [0.29, 0.717) is 24.6 Å². The van der Waals surface area contributed by atoms with Crippen molar-refractivity contribution in [3.05, 3.63) is 12.2 Å². The fraction of sp³-hybridized carbons (Fsp3) is 0.700. The average Bonchev–Trinajstić information content (AvgIpc) is 2.59. The first-order valence-corrected chi connectivity index (χ1v) is 5.34. The van der Waals surface area contributed by atoms with E-state index < -0.39 is 11.8 Å². The molecule has 2 unspecified atom stereocenters. The van der Waals surface area contributed by atoms with Gasteiger partial charge < -0.3 is 15.1 Å². The van der Waals surface area contributed by atoms with Gasteiger partial charge in [0, 0.05) is 7.05 Å². The number of aromatic nitrogens is 3. The first kappa shape index (κ1) is 11.2. The molecule has 1 aliphatic carbocycles. The molecule has 0 radical (unpaired) electrons. The van der Waals surface area contributed by atoms with Crippen LogP contribution in [-0.4, -0.2) is 44.0 Å². The van der Waals surface area contributed by atoms with Crippen LogP contribution < -0.4 is 4.90 Å². The molecule has 0 aromatic carbocycles. The number of likely N-dealkylation sites (N-methyl/N-ethyl adjacent to an activating group) is 1. The van der Waals surface area contributed by atoms with Crippen LogP contribution in [0.4, 0.5) is 5.95 Å². The monoisotopic (exact) mass is 224 g/mol. The smallest absolute Gasteiger partial charge is 0.230 e. The Balaban J connectivity index is 2.28. The molecule has 6 heteroatoms. The molecule has 1 aromatic rings. The average molecular weight is 224 g/mol. The molecule has 0 saturated heterocycles. The highest BCUT2D eigenvalue weighted by molar-refractivity contribution is 5.32. The third-order valence-corrected chi connectivity index (χ3v) is 3.12. The Hall–Kier alpha value is -1.27. The predicted molar refractivity (Wildman–Crippen MR) is 57.8 cm³/mol. The molecule has 0 bridgehead atoms. The van der Waals surface area contributed by atoms with E-state index in [4.69, 9.17) is 0 Å². The number of aliphatic hydroxyl groups is 2. The van der Waals surface area contributed by atoms with Crippen LogP contribution in [0.25, 0.3) is 0 Å². The molecule has 0 amide bonds. The molecule has 1 aliphatic rings. The van der Waals surface area contributed by atoms with Crippen LogP contribution in [0.3, 0.4) is 0 Å². The van der Waals surface area contributed by atoms with Crippen molar-refractivity contribution in [2.75, 3.05) is 11.9 Å². The van der Waals surface area contributed by atoms with Gasteiger partial charge in [-0.05, 0) is 26.2 Å². The van der Waals surface area contributed by atoms with Crippen molar-refractivity contribution in [3.8, 4) is 0 Å². The predicted octanol–water partition coefficient (Wildman–Crippen LogP) is -0.150. The molecule has 2 atom stereocenters. The van der Waals surface area contributed by atoms with Gasteiger partial charge in [-0.3, -0.25) is 0 Å². The Labute approximate surface area is 94.0 Å². The summed E-state index contributed by atoms with van der Waals surface area (Å²) < 4.78 is 0. The third-order valence-electron chi connectivity index (χ3n) is 3.12. The summed E-state index contributed by atoms with van der Waals surface area (Å²) in [6.07, 6.45) is 2.57. The van der Waals surface area contributed by atoms with Crippen LogP contribution in [-0.2, 0) is 0 Å². The molecule has 6 nitrogen and oxygen atoms in total. The second kappa shape index (κ2) is 3.95. The van der Waals surface area contributed by atoms with Crippen molar-refractivity contribution >= 4 is 5.95 Å². The highest BCUT2D eigenvalue weighted by Gasteiger charge is 2.44. The Morgan fingerprint density at radius 2 is 2.25 bits per heavy atom. The lowest BCUT2D eigenvalue weighted by Gasteiger charge is -2.36. The largest absolute Gasteiger partial charge is 0.388 e. The van der Waals surface area contributed by atoms with Gasteiger partial charge in [-0.25, -0.2) is 9.97 Å². The second-order valence-corrected chi connectivity index (χ2v) is 4.18. The molecule has 2 N–H and O–H groups in total. The summed E-state index contributed by atoms with van der Waals surface area (Å²) in [4.78, 5) is 13.6. The fourth-order valence-electron chi connectivity index (χ4n) is 2.05. The van der Waals surface area contributed by atoms with E-state index in [-0.39, 0.29) is 0 Å². The van der Waals surface area contributed by atoms with Crippen molar-refractivity contribution in [2.45, 2.75) is 38.0 Å². The highest BCUT2D eigenvalue weighted by Crippen LogP contribution is 2.33. The van der Waals surface area contributed by atoms with Crippen LogP contribution in [0.2, 0.25) is 0 Å². The lowest BCUT2D eigenvalue weighted by atomic mass is 10.1. The molecule has 1 fully saturated rings. The summed E-state index contributed by atoms with van der Waals surface area (Å²) in [5, 5.41) is 20.1. The fourth-order valence-corrected chi connectivity index (χ4v) is 2.05. The van der Waals surface area contributed by atoms with Crippen LogP contribution in [0.15, 0.2) is 6.33 Å². The quantitative estimate of drug-likeness (QED) is 0.680. The third kappa shape index (κ3) is 1.74. The maximum absolute atomic E-state index is 10.3. The van der Waals surface area contributed by atoms with E-state index in [2.05, 4.69) is 15.0 Å². The van der Waals surface area contributed by atoms with Crippen molar-refractivity contribution in [1.29, 1.82) is 0 Å². The van der Waals surface area contributed by atoms with Crippen molar-refractivity contribution < 1.29 is 10.2 Å². The number of hydrogen-bond donors (Lipinski definition) is 2. The highest BCUT2D eigenvalue weighted by atomic mass is 16.4. The minimum Gasteiger partial charge on any atom is -0.388 e. The molecule has 1 heterocycles. The van der Waals surface area contributed by atoms with E-state index in [9.17, 15) is 10.2 Å². The zero-order valence-corrected chi connectivity index (χ0v) is 9.46. The standard InChI is InChI=1S/C10H16N4O2/c1-7-11-6-12-9(13-7)14(2)10(16)5-3-4-8(10)15/h6,8,15-16H,3-5H2,1-2H3. The van der Waals surface area contributed by atoms with Crippen LogP contribution >= 0.6 is 0 Å². The van der Waals surface area contributed by atoms with Crippen molar-refractivity contribution in [1.82, 2.24) is 15.0 Å². The summed E-state index contributed by atoms with van der Waals surface area (Å²) in [5.41, 5.74) is -1.26. The molecule has 88 valence electrons. The summed E-state index contributed by atoms with van der Waals surface area (Å²) in [7, 11) is 1.68. The van der Waals surface area contributed by atoms with Gasteiger partial charge in [-0.2, -0.15) is 4.98 Å². The molecule has 2 rings (SSSR count). The zero-order chi connectivity index (χ0) is 11.8. The van der Waals surface area contributed by atoms with Gasteiger partial charge in [0.1, 0.15) is 18.3 Å². The summed E-state index contributed by atoms with van der Waals surface area (Å²) in [5.74, 6) is 0.976. The number of aryl methyl sites for hydroxylation is 1. The minimum atomic E-state index is -1.26. The van der Waals surface area contributed by atoms with Gasteiger partial charge in [0.05, 0.1) is 0 Å². The van der Waals surface area contributed by atoms with Crippen molar-refractivity contribution in [3.63, 3.8) is 0 Å². The summed E-state index contributed by atoms with van der Waals surface area (Å²) in [6.45, 7) is 1.76. The van der Waals surface area contributed by atoms with E-state index in [1.54, 1.807) is 14.0 Å².